The topological polar surface area (TPSA) is 57.0 Å². The molecule has 4 nitrogen and oxygen atoms in total. The summed E-state index contributed by atoms with van der Waals surface area (Å²) in [5.41, 5.74) is 9.10. The third-order valence-corrected chi connectivity index (χ3v) is 3.59. The van der Waals surface area contributed by atoms with Gasteiger partial charge >= 0.3 is 0 Å². The minimum atomic E-state index is -0.197. The van der Waals surface area contributed by atoms with Crippen LogP contribution < -0.4 is 5.73 Å². The number of nitrogens with zero attached hydrogens (tertiary/aromatic N) is 2. The van der Waals surface area contributed by atoms with Crippen LogP contribution in [0.1, 0.15) is 35.7 Å². The Morgan fingerprint density at radius 2 is 2.28 bits per heavy atom. The van der Waals surface area contributed by atoms with E-state index < -0.39 is 0 Å². The van der Waals surface area contributed by atoms with Gasteiger partial charge in [-0.2, -0.15) is 5.10 Å². The van der Waals surface area contributed by atoms with Crippen LogP contribution in [0, 0.1) is 6.92 Å². The molecule has 2 aromatic rings. The minimum absolute atomic E-state index is 0.197. The standard InChI is InChI=1S/C13H18ClN3O/c1-4-10-12(14)11(17(3)16-10)7-9(15)13-8(2)5-6-18-13/h5-6,9H,4,7,15H2,1-3H3. The molecule has 1 unspecified atom stereocenters. The van der Waals surface area contributed by atoms with E-state index >= 15 is 0 Å². The summed E-state index contributed by atoms with van der Waals surface area (Å²) in [4.78, 5) is 0. The molecule has 18 heavy (non-hydrogen) atoms. The summed E-state index contributed by atoms with van der Waals surface area (Å²) >= 11 is 6.31. The van der Waals surface area contributed by atoms with Crippen LogP contribution in [-0.2, 0) is 19.9 Å². The van der Waals surface area contributed by atoms with Crippen LogP contribution in [0.2, 0.25) is 5.02 Å². The largest absolute Gasteiger partial charge is 0.467 e. The highest BCUT2D eigenvalue weighted by molar-refractivity contribution is 6.31. The van der Waals surface area contributed by atoms with E-state index in [-0.39, 0.29) is 6.04 Å². The molecular formula is C13H18ClN3O. The third kappa shape index (κ3) is 2.31. The second-order valence-electron chi connectivity index (χ2n) is 4.46. The Bertz CT molecular complexity index is 544. The lowest BCUT2D eigenvalue weighted by Crippen LogP contribution is -2.15. The number of rotatable bonds is 4. The second kappa shape index (κ2) is 5.16. The Labute approximate surface area is 112 Å². The molecule has 0 aliphatic carbocycles. The zero-order valence-electron chi connectivity index (χ0n) is 10.9. The quantitative estimate of drug-likeness (QED) is 0.927. The van der Waals surface area contributed by atoms with E-state index in [1.807, 2.05) is 27.0 Å². The summed E-state index contributed by atoms with van der Waals surface area (Å²) in [7, 11) is 1.89. The molecule has 0 aliphatic heterocycles. The lowest BCUT2D eigenvalue weighted by Gasteiger charge is -2.10. The zero-order chi connectivity index (χ0) is 13.3. The van der Waals surface area contributed by atoms with Gasteiger partial charge in [0.25, 0.3) is 0 Å². The molecule has 0 aliphatic rings. The summed E-state index contributed by atoms with van der Waals surface area (Å²) in [5.74, 6) is 0.810. The number of hydrogen-bond acceptors (Lipinski definition) is 3. The lowest BCUT2D eigenvalue weighted by atomic mass is 10.1. The lowest BCUT2D eigenvalue weighted by molar-refractivity contribution is 0.456. The van der Waals surface area contributed by atoms with Crippen molar-refractivity contribution in [2.75, 3.05) is 0 Å². The molecule has 2 heterocycles. The first kappa shape index (κ1) is 13.2. The SMILES string of the molecule is CCc1nn(C)c(CC(N)c2occc2C)c1Cl. The highest BCUT2D eigenvalue weighted by Crippen LogP contribution is 2.26. The maximum Gasteiger partial charge on any atom is 0.123 e. The number of aromatic nitrogens is 2. The average molecular weight is 268 g/mol. The van der Waals surface area contributed by atoms with Crippen molar-refractivity contribution in [1.29, 1.82) is 0 Å². The fourth-order valence-corrected chi connectivity index (χ4v) is 2.48. The number of furan rings is 1. The van der Waals surface area contributed by atoms with Crippen molar-refractivity contribution in [2.45, 2.75) is 32.7 Å². The van der Waals surface area contributed by atoms with Crippen LogP contribution in [0.15, 0.2) is 16.7 Å². The van der Waals surface area contributed by atoms with Gasteiger partial charge in [0.05, 0.1) is 28.7 Å². The van der Waals surface area contributed by atoms with Crippen molar-refractivity contribution < 1.29 is 4.42 Å². The maximum atomic E-state index is 6.31. The van der Waals surface area contributed by atoms with E-state index in [2.05, 4.69) is 5.10 Å². The smallest absolute Gasteiger partial charge is 0.123 e. The third-order valence-electron chi connectivity index (χ3n) is 3.15. The molecule has 0 saturated carbocycles. The summed E-state index contributed by atoms with van der Waals surface area (Å²) in [6, 6.07) is 1.72. The average Bonchev–Trinajstić information content (AvgIpc) is 2.87. The first-order valence-corrected chi connectivity index (χ1v) is 6.42. The van der Waals surface area contributed by atoms with Crippen molar-refractivity contribution in [2.24, 2.45) is 12.8 Å². The van der Waals surface area contributed by atoms with Crippen LogP contribution in [0.4, 0.5) is 0 Å². The summed E-state index contributed by atoms with van der Waals surface area (Å²) < 4.78 is 7.22. The molecule has 98 valence electrons. The van der Waals surface area contributed by atoms with Crippen molar-refractivity contribution in [3.8, 4) is 0 Å². The monoisotopic (exact) mass is 267 g/mol. The fraction of sp³-hybridized carbons (Fsp3) is 0.462. The molecule has 0 radical (unpaired) electrons. The van der Waals surface area contributed by atoms with Crippen molar-refractivity contribution in [3.63, 3.8) is 0 Å². The predicted octanol–water partition coefficient (Wildman–Crippen LogP) is 2.78. The summed E-state index contributed by atoms with van der Waals surface area (Å²) in [5, 5.41) is 5.11. The van der Waals surface area contributed by atoms with Crippen LogP contribution in [-0.4, -0.2) is 9.78 Å². The van der Waals surface area contributed by atoms with Gasteiger partial charge in [-0.25, -0.2) is 0 Å². The van der Waals surface area contributed by atoms with E-state index in [9.17, 15) is 0 Å². The van der Waals surface area contributed by atoms with E-state index in [1.165, 1.54) is 0 Å². The van der Waals surface area contributed by atoms with Gasteiger partial charge in [-0.1, -0.05) is 18.5 Å². The molecule has 5 heteroatoms. The number of halogens is 1. The molecule has 0 fully saturated rings. The van der Waals surface area contributed by atoms with E-state index in [1.54, 1.807) is 10.9 Å². The van der Waals surface area contributed by atoms with Gasteiger partial charge in [0.15, 0.2) is 0 Å². The molecule has 0 aromatic carbocycles. The van der Waals surface area contributed by atoms with E-state index in [0.717, 1.165) is 34.2 Å². The van der Waals surface area contributed by atoms with Crippen LogP contribution in [0.5, 0.6) is 0 Å². The van der Waals surface area contributed by atoms with E-state index in [0.29, 0.717) is 6.42 Å². The molecule has 0 saturated heterocycles. The van der Waals surface area contributed by atoms with Gasteiger partial charge in [0, 0.05) is 13.5 Å². The Balaban J connectivity index is 2.24. The molecule has 0 spiro atoms. The number of aryl methyl sites for hydroxylation is 3. The maximum absolute atomic E-state index is 6.31. The molecule has 2 aromatic heterocycles. The van der Waals surface area contributed by atoms with Crippen LogP contribution in [0.3, 0.4) is 0 Å². The van der Waals surface area contributed by atoms with Crippen molar-refractivity contribution in [1.82, 2.24) is 9.78 Å². The van der Waals surface area contributed by atoms with Gasteiger partial charge in [-0.05, 0) is 25.0 Å². The highest BCUT2D eigenvalue weighted by Gasteiger charge is 2.19. The summed E-state index contributed by atoms with van der Waals surface area (Å²) in [6.07, 6.45) is 3.10. The molecule has 0 bridgehead atoms. The van der Waals surface area contributed by atoms with Gasteiger partial charge in [0.1, 0.15) is 5.76 Å². The van der Waals surface area contributed by atoms with E-state index in [4.69, 9.17) is 21.8 Å². The Kier molecular flexibility index (Phi) is 3.78. The fourth-order valence-electron chi connectivity index (χ4n) is 2.11. The Morgan fingerprint density at radius 1 is 1.56 bits per heavy atom. The van der Waals surface area contributed by atoms with Crippen molar-refractivity contribution in [3.05, 3.63) is 40.1 Å². The number of nitrogens with two attached hydrogens (primary N) is 1. The molecule has 1 atom stereocenters. The van der Waals surface area contributed by atoms with Gasteiger partial charge < -0.3 is 10.2 Å². The van der Waals surface area contributed by atoms with Crippen LogP contribution >= 0.6 is 11.6 Å². The first-order valence-electron chi connectivity index (χ1n) is 6.04. The second-order valence-corrected chi connectivity index (χ2v) is 4.84. The van der Waals surface area contributed by atoms with Gasteiger partial charge in [0.2, 0.25) is 0 Å². The normalized spacial score (nSPS) is 12.9. The molecule has 2 N–H and O–H groups in total. The molecule has 0 amide bonds. The molecule has 2 rings (SSSR count). The minimum Gasteiger partial charge on any atom is -0.467 e. The Morgan fingerprint density at radius 3 is 2.78 bits per heavy atom. The van der Waals surface area contributed by atoms with Crippen molar-refractivity contribution >= 4 is 11.6 Å². The highest BCUT2D eigenvalue weighted by atomic mass is 35.5. The van der Waals surface area contributed by atoms with Crippen LogP contribution in [0.25, 0.3) is 0 Å². The van der Waals surface area contributed by atoms with Gasteiger partial charge in [-0.3, -0.25) is 4.68 Å². The summed E-state index contributed by atoms with van der Waals surface area (Å²) in [6.45, 7) is 4.02. The Hall–Kier alpha value is -1.26. The first-order chi connectivity index (χ1) is 8.54. The predicted molar refractivity (Wildman–Crippen MR) is 71.7 cm³/mol. The van der Waals surface area contributed by atoms with Gasteiger partial charge in [-0.15, -0.1) is 0 Å². The number of hydrogen-bond donors (Lipinski definition) is 1. The molecular weight excluding hydrogens is 250 g/mol. The zero-order valence-corrected chi connectivity index (χ0v) is 11.7.